The van der Waals surface area contributed by atoms with Gasteiger partial charge in [-0.2, -0.15) is 0 Å². The van der Waals surface area contributed by atoms with Gasteiger partial charge in [-0.3, -0.25) is 0 Å². The predicted molar refractivity (Wildman–Crippen MR) is 121 cm³/mol. The van der Waals surface area contributed by atoms with E-state index >= 15 is 0 Å². The first-order valence-electron chi connectivity index (χ1n) is 9.72. The van der Waals surface area contributed by atoms with Gasteiger partial charge in [0.1, 0.15) is 17.0 Å². The average molecular weight is 427 g/mol. The average Bonchev–Trinajstić information content (AvgIpc) is 3.38. The molecule has 0 saturated carbocycles. The third kappa shape index (κ3) is 3.47. The minimum Gasteiger partial charge on any atom is -0.494 e. The number of anilines is 2. The number of hydrogen-bond acceptors (Lipinski definition) is 8. The Labute approximate surface area is 177 Å². The van der Waals surface area contributed by atoms with E-state index in [0.717, 1.165) is 63.7 Å². The maximum absolute atomic E-state index is 5.62. The monoisotopic (exact) mass is 426 g/mol. The highest BCUT2D eigenvalue weighted by Gasteiger charge is 2.22. The van der Waals surface area contributed by atoms with Crippen molar-refractivity contribution in [2.24, 2.45) is 0 Å². The second-order valence-corrected chi connectivity index (χ2v) is 8.85. The van der Waals surface area contributed by atoms with Gasteiger partial charge < -0.3 is 19.3 Å². The maximum atomic E-state index is 5.62. The summed E-state index contributed by atoms with van der Waals surface area (Å²) >= 11 is 3.47. The number of aromatic nitrogens is 2. The second kappa shape index (κ2) is 7.68. The van der Waals surface area contributed by atoms with Gasteiger partial charge in [0.15, 0.2) is 10.3 Å². The van der Waals surface area contributed by atoms with Gasteiger partial charge in [0.05, 0.1) is 28.6 Å². The van der Waals surface area contributed by atoms with Crippen LogP contribution < -0.4 is 19.3 Å². The Morgan fingerprint density at radius 2 is 1.66 bits per heavy atom. The van der Waals surface area contributed by atoms with Crippen LogP contribution in [-0.2, 0) is 0 Å². The topological polar surface area (TPSA) is 50.7 Å². The Bertz CT molecular complexity index is 1150. The van der Waals surface area contributed by atoms with Gasteiger partial charge in [0.25, 0.3) is 0 Å². The number of nitrogens with zero attached hydrogens (tertiary/aromatic N) is 4. The molecular weight excluding hydrogens is 404 g/mol. The summed E-state index contributed by atoms with van der Waals surface area (Å²) in [6.45, 7) is 6.42. The van der Waals surface area contributed by atoms with Crippen LogP contribution >= 0.6 is 22.7 Å². The normalized spacial score (nSPS) is 14.7. The molecule has 0 aliphatic carbocycles. The van der Waals surface area contributed by atoms with E-state index in [0.29, 0.717) is 6.61 Å². The van der Waals surface area contributed by atoms with Crippen molar-refractivity contribution in [3.8, 4) is 11.5 Å². The van der Waals surface area contributed by atoms with Crippen molar-refractivity contribution in [3.05, 3.63) is 36.4 Å². The Kier molecular flexibility index (Phi) is 4.89. The Hall–Kier alpha value is -2.58. The number of ether oxygens (including phenoxy) is 2. The summed E-state index contributed by atoms with van der Waals surface area (Å²) in [5, 5.41) is 2.15. The van der Waals surface area contributed by atoms with Crippen LogP contribution in [0.5, 0.6) is 11.5 Å². The van der Waals surface area contributed by atoms with E-state index < -0.39 is 0 Å². The fraction of sp³-hybridized carbons (Fsp3) is 0.333. The van der Waals surface area contributed by atoms with Crippen LogP contribution in [0.2, 0.25) is 0 Å². The van der Waals surface area contributed by atoms with E-state index in [4.69, 9.17) is 19.4 Å². The first-order chi connectivity index (χ1) is 14.2. The lowest BCUT2D eigenvalue weighted by Crippen LogP contribution is -2.46. The van der Waals surface area contributed by atoms with Gasteiger partial charge in [0.2, 0.25) is 0 Å². The van der Waals surface area contributed by atoms with Crippen molar-refractivity contribution in [1.82, 2.24) is 9.97 Å². The molecule has 3 heterocycles. The first-order valence-corrected chi connectivity index (χ1v) is 11.4. The molecule has 150 valence electrons. The number of fused-ring (bicyclic) bond motifs is 2. The third-order valence-corrected chi connectivity index (χ3v) is 7.23. The molecule has 0 amide bonds. The molecule has 4 aromatic rings. The van der Waals surface area contributed by atoms with Crippen molar-refractivity contribution in [1.29, 1.82) is 0 Å². The number of para-hydroxylation sites is 1. The number of hydrogen-bond donors (Lipinski definition) is 0. The van der Waals surface area contributed by atoms with E-state index in [1.165, 1.54) is 4.70 Å². The number of methoxy groups -OCH3 is 1. The molecule has 5 rings (SSSR count). The van der Waals surface area contributed by atoms with Crippen molar-refractivity contribution < 1.29 is 9.47 Å². The molecule has 1 saturated heterocycles. The van der Waals surface area contributed by atoms with E-state index in [9.17, 15) is 0 Å². The Morgan fingerprint density at radius 3 is 2.38 bits per heavy atom. The summed E-state index contributed by atoms with van der Waals surface area (Å²) in [6.07, 6.45) is 0. The van der Waals surface area contributed by atoms with E-state index in [1.807, 2.05) is 31.2 Å². The van der Waals surface area contributed by atoms with Crippen LogP contribution in [-0.4, -0.2) is 49.9 Å². The minimum atomic E-state index is 0.677. The molecule has 0 unspecified atom stereocenters. The van der Waals surface area contributed by atoms with Crippen LogP contribution in [0.4, 0.5) is 10.3 Å². The molecule has 2 aromatic heterocycles. The van der Waals surface area contributed by atoms with Crippen LogP contribution in [0, 0.1) is 0 Å². The molecule has 1 aliphatic rings. The summed E-state index contributed by atoms with van der Waals surface area (Å²) in [5.41, 5.74) is 1.99. The number of rotatable bonds is 5. The lowest BCUT2D eigenvalue weighted by Gasteiger charge is -2.34. The van der Waals surface area contributed by atoms with Crippen molar-refractivity contribution >= 4 is 53.4 Å². The van der Waals surface area contributed by atoms with Crippen molar-refractivity contribution in [3.63, 3.8) is 0 Å². The van der Waals surface area contributed by atoms with Gasteiger partial charge in [-0.25, -0.2) is 9.97 Å². The molecule has 2 aromatic carbocycles. The summed E-state index contributed by atoms with van der Waals surface area (Å²) < 4.78 is 13.4. The van der Waals surface area contributed by atoms with Gasteiger partial charge in [-0.05, 0) is 37.3 Å². The van der Waals surface area contributed by atoms with Crippen molar-refractivity contribution in [2.45, 2.75) is 6.92 Å². The number of piperazine rings is 1. The summed E-state index contributed by atoms with van der Waals surface area (Å²) in [5.74, 6) is 1.75. The van der Waals surface area contributed by atoms with Gasteiger partial charge >= 0.3 is 0 Å². The highest BCUT2D eigenvalue weighted by Crippen LogP contribution is 2.36. The molecule has 0 spiro atoms. The predicted octanol–water partition coefficient (Wildman–Crippen LogP) is 4.64. The zero-order valence-electron chi connectivity index (χ0n) is 16.4. The molecule has 29 heavy (non-hydrogen) atoms. The lowest BCUT2D eigenvalue weighted by atomic mass is 10.3. The van der Waals surface area contributed by atoms with E-state index in [1.54, 1.807) is 29.8 Å². The standard InChI is InChI=1S/C21H22N4O2S2/c1-3-27-14-7-8-15-18(13-14)29-20(22-15)24-9-11-25(12-10-24)21-23-19-16(26-2)5-4-6-17(19)28-21/h4-8,13H,3,9-12H2,1-2H3. The van der Waals surface area contributed by atoms with Crippen LogP contribution in [0.15, 0.2) is 36.4 Å². The lowest BCUT2D eigenvalue weighted by molar-refractivity contribution is 0.341. The quantitative estimate of drug-likeness (QED) is 0.463. The smallest absolute Gasteiger partial charge is 0.186 e. The highest BCUT2D eigenvalue weighted by atomic mass is 32.1. The fourth-order valence-electron chi connectivity index (χ4n) is 3.59. The van der Waals surface area contributed by atoms with Crippen LogP contribution in [0.1, 0.15) is 6.92 Å². The Balaban J connectivity index is 1.32. The molecule has 1 fully saturated rings. The molecule has 1 aliphatic heterocycles. The zero-order valence-corrected chi connectivity index (χ0v) is 18.1. The SMILES string of the molecule is CCOc1ccc2nc(N3CCN(c4nc5c(OC)cccc5s4)CC3)sc2c1. The van der Waals surface area contributed by atoms with E-state index in [2.05, 4.69) is 21.9 Å². The molecular formula is C21H22N4O2S2. The fourth-order valence-corrected chi connectivity index (χ4v) is 5.67. The zero-order chi connectivity index (χ0) is 19.8. The van der Waals surface area contributed by atoms with Crippen LogP contribution in [0.3, 0.4) is 0 Å². The third-order valence-electron chi connectivity index (χ3n) is 5.07. The molecule has 0 bridgehead atoms. The van der Waals surface area contributed by atoms with Gasteiger partial charge in [0, 0.05) is 26.2 Å². The second-order valence-electron chi connectivity index (χ2n) is 6.84. The molecule has 6 nitrogen and oxygen atoms in total. The van der Waals surface area contributed by atoms with Crippen molar-refractivity contribution in [2.75, 3.05) is 49.7 Å². The molecule has 8 heteroatoms. The molecule has 0 atom stereocenters. The first kappa shape index (κ1) is 18.4. The largest absolute Gasteiger partial charge is 0.494 e. The minimum absolute atomic E-state index is 0.677. The van der Waals surface area contributed by atoms with Crippen LogP contribution in [0.25, 0.3) is 20.4 Å². The number of benzene rings is 2. The maximum Gasteiger partial charge on any atom is 0.186 e. The summed E-state index contributed by atoms with van der Waals surface area (Å²) in [7, 11) is 1.70. The summed E-state index contributed by atoms with van der Waals surface area (Å²) in [4.78, 5) is 14.4. The molecule has 0 N–H and O–H groups in total. The molecule has 0 radical (unpaired) electrons. The summed E-state index contributed by atoms with van der Waals surface area (Å²) in [6, 6.07) is 12.2. The Morgan fingerprint density at radius 1 is 0.931 bits per heavy atom. The highest BCUT2D eigenvalue weighted by molar-refractivity contribution is 7.22. The van der Waals surface area contributed by atoms with Gasteiger partial charge in [-0.15, -0.1) is 0 Å². The van der Waals surface area contributed by atoms with E-state index in [-0.39, 0.29) is 0 Å². The van der Waals surface area contributed by atoms with Gasteiger partial charge in [-0.1, -0.05) is 28.7 Å². The number of thiazole rings is 2.